The molecule has 0 saturated carbocycles. The first-order valence-corrected chi connectivity index (χ1v) is 10.5. The van der Waals surface area contributed by atoms with Crippen molar-refractivity contribution < 1.29 is 14.4 Å². The summed E-state index contributed by atoms with van der Waals surface area (Å²) in [6, 6.07) is 5.51. The summed E-state index contributed by atoms with van der Waals surface area (Å²) < 4.78 is 0.867. The molecule has 0 unspecified atom stereocenters. The predicted octanol–water partition coefficient (Wildman–Crippen LogP) is 2.47. The highest BCUT2D eigenvalue weighted by molar-refractivity contribution is 9.10. The third kappa shape index (κ3) is 1.92. The maximum Gasteiger partial charge on any atom is 0.250 e. The molecular weight excluding hydrogens is 410 g/mol. The number of nitrogens with one attached hydrogen (secondary N) is 1. The zero-order valence-corrected chi connectivity index (χ0v) is 17.0. The molecule has 0 bridgehead atoms. The van der Waals surface area contributed by atoms with Crippen LogP contribution in [0.3, 0.4) is 0 Å². The molecule has 3 fully saturated rings. The Hall–Kier alpha value is -1.73. The molecule has 7 heteroatoms. The van der Waals surface area contributed by atoms with E-state index in [1.807, 2.05) is 32.0 Å². The minimum absolute atomic E-state index is 0.0452. The number of likely N-dealkylation sites (tertiary alicyclic amines) is 1. The molecule has 4 aliphatic rings. The highest BCUT2D eigenvalue weighted by atomic mass is 79.9. The third-order valence-electron chi connectivity index (χ3n) is 7.02. The number of carbonyl (C=O) groups is 3. The first-order chi connectivity index (χ1) is 12.9. The van der Waals surface area contributed by atoms with Crippen LogP contribution in [0.2, 0.25) is 0 Å². The summed E-state index contributed by atoms with van der Waals surface area (Å²) in [6.45, 7) is 4.63. The van der Waals surface area contributed by atoms with Gasteiger partial charge in [-0.1, -0.05) is 22.9 Å². The number of anilines is 1. The van der Waals surface area contributed by atoms with Crippen molar-refractivity contribution in [2.75, 3.05) is 11.9 Å². The molecule has 1 aromatic carbocycles. The van der Waals surface area contributed by atoms with Gasteiger partial charge in [0.05, 0.1) is 11.8 Å². The maximum absolute atomic E-state index is 13.5. The molecule has 6 nitrogen and oxygen atoms in total. The number of halogens is 1. The molecule has 1 spiro atoms. The van der Waals surface area contributed by atoms with Crippen LogP contribution in [0.25, 0.3) is 0 Å². The summed E-state index contributed by atoms with van der Waals surface area (Å²) in [5, 5.41) is 2.99. The Morgan fingerprint density at radius 1 is 1.30 bits per heavy atom. The summed E-state index contributed by atoms with van der Waals surface area (Å²) in [5.41, 5.74) is 0.505. The van der Waals surface area contributed by atoms with E-state index in [9.17, 15) is 14.4 Å². The summed E-state index contributed by atoms with van der Waals surface area (Å²) in [5.74, 6) is -1.51. The SMILES string of the molecule is CC[C@H](C)N1C(=O)[C@H]2[C@@H](C1=O)[C@]1(C(=O)Nc3ccc(Br)cc31)N1CCC[C@@H]21. The van der Waals surface area contributed by atoms with Crippen molar-refractivity contribution in [1.29, 1.82) is 0 Å². The van der Waals surface area contributed by atoms with Gasteiger partial charge in [-0.05, 0) is 50.9 Å². The Labute approximate surface area is 166 Å². The third-order valence-corrected chi connectivity index (χ3v) is 7.51. The fourth-order valence-electron chi connectivity index (χ4n) is 5.81. The van der Waals surface area contributed by atoms with Crippen LogP contribution in [0.15, 0.2) is 22.7 Å². The van der Waals surface area contributed by atoms with Crippen LogP contribution in [0, 0.1) is 11.8 Å². The summed E-state index contributed by atoms with van der Waals surface area (Å²) in [4.78, 5) is 43.8. The van der Waals surface area contributed by atoms with E-state index in [1.165, 1.54) is 4.90 Å². The van der Waals surface area contributed by atoms with Crippen LogP contribution in [-0.2, 0) is 19.9 Å². The van der Waals surface area contributed by atoms with Gasteiger partial charge >= 0.3 is 0 Å². The molecule has 142 valence electrons. The molecule has 1 N–H and O–H groups in total. The number of carbonyl (C=O) groups excluding carboxylic acids is 3. The molecule has 4 heterocycles. The highest BCUT2D eigenvalue weighted by Gasteiger charge is 2.74. The Balaban J connectivity index is 1.74. The van der Waals surface area contributed by atoms with Crippen molar-refractivity contribution in [3.63, 3.8) is 0 Å². The van der Waals surface area contributed by atoms with Gasteiger partial charge in [0.2, 0.25) is 17.7 Å². The van der Waals surface area contributed by atoms with E-state index in [2.05, 4.69) is 26.1 Å². The Morgan fingerprint density at radius 2 is 2.07 bits per heavy atom. The van der Waals surface area contributed by atoms with E-state index in [0.717, 1.165) is 35.1 Å². The number of hydrogen-bond donors (Lipinski definition) is 1. The molecule has 0 radical (unpaired) electrons. The van der Waals surface area contributed by atoms with Crippen LogP contribution in [0.1, 0.15) is 38.7 Å². The lowest BCUT2D eigenvalue weighted by molar-refractivity contribution is -0.147. The molecule has 5 atom stereocenters. The van der Waals surface area contributed by atoms with Gasteiger partial charge in [0.25, 0.3) is 0 Å². The molecule has 0 aliphatic carbocycles. The van der Waals surface area contributed by atoms with Crippen molar-refractivity contribution in [2.24, 2.45) is 11.8 Å². The number of nitrogens with zero attached hydrogens (tertiary/aromatic N) is 2. The maximum atomic E-state index is 13.5. The Kier molecular flexibility index (Phi) is 3.63. The van der Waals surface area contributed by atoms with Crippen molar-refractivity contribution in [2.45, 2.75) is 50.7 Å². The van der Waals surface area contributed by atoms with Gasteiger partial charge < -0.3 is 5.32 Å². The Bertz CT molecular complexity index is 887. The average Bonchev–Trinajstić information content (AvgIpc) is 3.33. The van der Waals surface area contributed by atoms with E-state index >= 15 is 0 Å². The second-order valence-corrected chi connectivity index (χ2v) is 9.04. The molecule has 1 aromatic rings. The topological polar surface area (TPSA) is 69.7 Å². The monoisotopic (exact) mass is 431 g/mol. The summed E-state index contributed by atoms with van der Waals surface area (Å²) >= 11 is 3.51. The van der Waals surface area contributed by atoms with Gasteiger partial charge in [0, 0.05) is 27.8 Å². The van der Waals surface area contributed by atoms with Crippen molar-refractivity contribution in [1.82, 2.24) is 9.80 Å². The van der Waals surface area contributed by atoms with Crippen LogP contribution in [0.4, 0.5) is 5.69 Å². The van der Waals surface area contributed by atoms with Crippen LogP contribution >= 0.6 is 15.9 Å². The van der Waals surface area contributed by atoms with Gasteiger partial charge in [0.1, 0.15) is 5.54 Å². The molecule has 27 heavy (non-hydrogen) atoms. The van der Waals surface area contributed by atoms with Gasteiger partial charge in [-0.2, -0.15) is 0 Å². The summed E-state index contributed by atoms with van der Waals surface area (Å²) in [6.07, 6.45) is 2.51. The molecular formula is C20H22BrN3O3. The van der Waals surface area contributed by atoms with Gasteiger partial charge in [-0.25, -0.2) is 0 Å². The summed E-state index contributed by atoms with van der Waals surface area (Å²) in [7, 11) is 0. The molecule has 0 aromatic heterocycles. The predicted molar refractivity (Wildman–Crippen MR) is 103 cm³/mol. The lowest BCUT2D eigenvalue weighted by Crippen LogP contribution is -2.54. The fourth-order valence-corrected chi connectivity index (χ4v) is 6.18. The van der Waals surface area contributed by atoms with E-state index in [4.69, 9.17) is 0 Å². The number of imide groups is 1. The minimum Gasteiger partial charge on any atom is -0.324 e. The second kappa shape index (κ2) is 5.64. The van der Waals surface area contributed by atoms with Crippen LogP contribution < -0.4 is 5.32 Å². The smallest absolute Gasteiger partial charge is 0.250 e. The van der Waals surface area contributed by atoms with Gasteiger partial charge in [0.15, 0.2) is 0 Å². The lowest BCUT2D eigenvalue weighted by atomic mass is 9.75. The average molecular weight is 432 g/mol. The highest BCUT2D eigenvalue weighted by Crippen LogP contribution is 2.60. The standard InChI is InChI=1S/C20H22BrN3O3/c1-3-10(2)24-17(25)15-14-5-4-8-23(14)20(16(15)18(24)26)12-9-11(21)6-7-13(12)22-19(20)27/h6-7,9-10,14-16H,3-5,8H2,1-2H3,(H,22,27)/t10-,14-,15+,16-,20+/m0/s1. The number of benzene rings is 1. The zero-order chi connectivity index (χ0) is 19.1. The van der Waals surface area contributed by atoms with E-state index in [0.29, 0.717) is 6.42 Å². The minimum atomic E-state index is -1.07. The van der Waals surface area contributed by atoms with E-state index in [1.54, 1.807) is 0 Å². The van der Waals surface area contributed by atoms with Crippen LogP contribution in [0.5, 0.6) is 0 Å². The van der Waals surface area contributed by atoms with Crippen molar-refractivity contribution >= 4 is 39.3 Å². The van der Waals surface area contributed by atoms with Crippen molar-refractivity contribution in [3.05, 3.63) is 28.2 Å². The normalized spacial score (nSPS) is 35.6. The zero-order valence-electron chi connectivity index (χ0n) is 15.4. The van der Waals surface area contributed by atoms with Crippen molar-refractivity contribution in [3.8, 4) is 0 Å². The first-order valence-electron chi connectivity index (χ1n) is 9.68. The van der Waals surface area contributed by atoms with E-state index < -0.39 is 17.4 Å². The van der Waals surface area contributed by atoms with Crippen LogP contribution in [-0.4, -0.2) is 46.1 Å². The molecule has 3 saturated heterocycles. The molecule has 5 rings (SSSR count). The first kappa shape index (κ1) is 17.4. The molecule has 3 amide bonds. The number of hydrogen-bond acceptors (Lipinski definition) is 4. The van der Waals surface area contributed by atoms with Gasteiger partial charge in [-0.15, -0.1) is 0 Å². The van der Waals surface area contributed by atoms with E-state index in [-0.39, 0.29) is 29.8 Å². The molecule has 4 aliphatic heterocycles. The van der Waals surface area contributed by atoms with Gasteiger partial charge in [-0.3, -0.25) is 24.2 Å². The number of fused-ring (bicyclic) bond motifs is 7. The quantitative estimate of drug-likeness (QED) is 0.730. The number of amides is 3. The lowest BCUT2D eigenvalue weighted by Gasteiger charge is -2.37. The number of rotatable bonds is 2. The largest absolute Gasteiger partial charge is 0.324 e. The fraction of sp³-hybridized carbons (Fsp3) is 0.550. The second-order valence-electron chi connectivity index (χ2n) is 8.12. The Morgan fingerprint density at radius 3 is 2.81 bits per heavy atom.